The molecule has 2 aliphatic rings. The Morgan fingerprint density at radius 3 is 3.05 bits per heavy atom. The summed E-state index contributed by atoms with van der Waals surface area (Å²) in [6.45, 7) is 2.06. The van der Waals surface area contributed by atoms with Crippen molar-refractivity contribution in [3.05, 3.63) is 29.6 Å². The Morgan fingerprint density at radius 1 is 1.36 bits per heavy atom. The molecule has 7 heteroatoms. The van der Waals surface area contributed by atoms with Crippen molar-refractivity contribution in [3.8, 4) is 0 Å². The van der Waals surface area contributed by atoms with Crippen LogP contribution in [0.3, 0.4) is 0 Å². The van der Waals surface area contributed by atoms with E-state index in [1.54, 1.807) is 0 Å². The second kappa shape index (κ2) is 5.08. The summed E-state index contributed by atoms with van der Waals surface area (Å²) in [5, 5.41) is 18.4. The van der Waals surface area contributed by atoms with E-state index in [0.717, 1.165) is 36.5 Å². The molecule has 2 aromatic rings. The average Bonchev–Trinajstić information content (AvgIpc) is 3.24. The van der Waals surface area contributed by atoms with Gasteiger partial charge < -0.3 is 10.6 Å². The number of aromatic nitrogens is 4. The topological polar surface area (TPSA) is 84.7 Å². The first-order valence-electron chi connectivity index (χ1n) is 7.68. The van der Waals surface area contributed by atoms with Crippen LogP contribution in [-0.4, -0.2) is 26.1 Å². The second-order valence-corrected chi connectivity index (χ2v) is 6.00. The molecule has 2 heterocycles. The molecule has 114 valence electrons. The predicted molar refractivity (Wildman–Crippen MR) is 81.5 cm³/mol. The molecule has 0 radical (unpaired) electrons. The van der Waals surface area contributed by atoms with Gasteiger partial charge in [0, 0.05) is 17.8 Å². The quantitative estimate of drug-likeness (QED) is 0.902. The van der Waals surface area contributed by atoms with Gasteiger partial charge in [-0.15, -0.1) is 5.10 Å². The number of amides is 1. The summed E-state index contributed by atoms with van der Waals surface area (Å²) in [4.78, 5) is 11.4. The van der Waals surface area contributed by atoms with Crippen molar-refractivity contribution in [2.75, 3.05) is 10.6 Å². The third kappa shape index (κ3) is 2.43. The highest BCUT2D eigenvalue weighted by atomic mass is 16.1. The fraction of sp³-hybridized carbons (Fsp3) is 0.467. The van der Waals surface area contributed by atoms with E-state index in [1.807, 2.05) is 16.8 Å². The normalized spacial score (nSPS) is 18.5. The number of anilines is 2. The standard InChI is InChI=1S/C15H18N6O/c1-9(15-18-19-20-21(15)12-4-5-12)16-11-3-6-13-10(8-11)2-7-14(22)17-13/h3,6,8-9,12,16H,2,4-5,7H2,1H3,(H,17,22). The van der Waals surface area contributed by atoms with Crippen LogP contribution >= 0.6 is 0 Å². The number of rotatable bonds is 4. The van der Waals surface area contributed by atoms with Crippen LogP contribution in [0.4, 0.5) is 11.4 Å². The number of aryl methyl sites for hydroxylation is 1. The Morgan fingerprint density at radius 2 is 2.23 bits per heavy atom. The number of hydrogen-bond donors (Lipinski definition) is 2. The number of nitrogens with zero attached hydrogens (tertiary/aromatic N) is 4. The molecule has 1 fully saturated rings. The fourth-order valence-corrected chi connectivity index (χ4v) is 2.85. The highest BCUT2D eigenvalue weighted by molar-refractivity contribution is 5.94. The lowest BCUT2D eigenvalue weighted by atomic mass is 10.0. The lowest BCUT2D eigenvalue weighted by Crippen LogP contribution is -2.19. The van der Waals surface area contributed by atoms with Crippen molar-refractivity contribution in [3.63, 3.8) is 0 Å². The zero-order valence-corrected chi connectivity index (χ0v) is 12.4. The number of fused-ring (bicyclic) bond motifs is 1. The van der Waals surface area contributed by atoms with Gasteiger partial charge in [0.1, 0.15) is 0 Å². The molecule has 0 bridgehead atoms. The minimum absolute atomic E-state index is 0.0341. The van der Waals surface area contributed by atoms with Gasteiger partial charge in [-0.3, -0.25) is 4.79 Å². The highest BCUT2D eigenvalue weighted by Crippen LogP contribution is 2.36. The Hall–Kier alpha value is -2.44. The molecule has 1 aromatic heterocycles. The largest absolute Gasteiger partial charge is 0.375 e. The van der Waals surface area contributed by atoms with Crippen molar-refractivity contribution in [1.29, 1.82) is 0 Å². The van der Waals surface area contributed by atoms with Crippen LogP contribution in [0.1, 0.15) is 49.7 Å². The summed E-state index contributed by atoms with van der Waals surface area (Å²) in [5.41, 5.74) is 3.10. The van der Waals surface area contributed by atoms with Crippen LogP contribution in [0.25, 0.3) is 0 Å². The third-order valence-electron chi connectivity index (χ3n) is 4.18. The van der Waals surface area contributed by atoms with Crippen molar-refractivity contribution in [2.24, 2.45) is 0 Å². The molecule has 2 N–H and O–H groups in total. The first-order chi connectivity index (χ1) is 10.7. The SMILES string of the molecule is CC(Nc1ccc2c(c1)CCC(=O)N2)c1nnnn1C1CC1. The van der Waals surface area contributed by atoms with Gasteiger partial charge in [-0.25, -0.2) is 4.68 Å². The molecule has 7 nitrogen and oxygen atoms in total. The van der Waals surface area contributed by atoms with Crippen LogP contribution in [0, 0.1) is 0 Å². The molecule has 4 rings (SSSR count). The van der Waals surface area contributed by atoms with Gasteiger partial charge in [0.05, 0.1) is 12.1 Å². The predicted octanol–water partition coefficient (Wildman–Crippen LogP) is 2.07. The van der Waals surface area contributed by atoms with E-state index in [9.17, 15) is 4.79 Å². The summed E-state index contributed by atoms with van der Waals surface area (Å²) < 4.78 is 1.93. The summed E-state index contributed by atoms with van der Waals surface area (Å²) in [6.07, 6.45) is 3.64. The fourth-order valence-electron chi connectivity index (χ4n) is 2.85. The zero-order chi connectivity index (χ0) is 15.1. The van der Waals surface area contributed by atoms with E-state index < -0.39 is 0 Å². The van der Waals surface area contributed by atoms with E-state index in [2.05, 4.69) is 39.1 Å². The Labute approximate surface area is 128 Å². The lowest BCUT2D eigenvalue weighted by Gasteiger charge is -2.20. The van der Waals surface area contributed by atoms with Crippen LogP contribution in [0.5, 0.6) is 0 Å². The molecule has 1 saturated carbocycles. The van der Waals surface area contributed by atoms with Gasteiger partial charge in [0.25, 0.3) is 0 Å². The maximum absolute atomic E-state index is 11.4. The Balaban J connectivity index is 1.53. The highest BCUT2D eigenvalue weighted by Gasteiger charge is 2.29. The van der Waals surface area contributed by atoms with Gasteiger partial charge in [0.2, 0.25) is 5.91 Å². The van der Waals surface area contributed by atoms with Crippen LogP contribution in [0.2, 0.25) is 0 Å². The molecular formula is C15H18N6O. The third-order valence-corrected chi connectivity index (χ3v) is 4.18. The summed E-state index contributed by atoms with van der Waals surface area (Å²) in [6, 6.07) is 6.52. The molecule has 0 spiro atoms. The van der Waals surface area contributed by atoms with Gasteiger partial charge in [-0.05, 0) is 60.4 Å². The average molecular weight is 298 g/mol. The Kier molecular flexibility index (Phi) is 3.06. The molecule has 1 unspecified atom stereocenters. The number of carbonyl (C=O) groups is 1. The molecule has 1 aliphatic carbocycles. The van der Waals surface area contributed by atoms with Crippen LogP contribution < -0.4 is 10.6 Å². The van der Waals surface area contributed by atoms with E-state index >= 15 is 0 Å². The number of tetrazole rings is 1. The minimum atomic E-state index is 0.0341. The van der Waals surface area contributed by atoms with Gasteiger partial charge >= 0.3 is 0 Å². The first kappa shape index (κ1) is 13.2. The van der Waals surface area contributed by atoms with E-state index in [4.69, 9.17) is 0 Å². The Bertz CT molecular complexity index is 721. The lowest BCUT2D eigenvalue weighted by molar-refractivity contribution is -0.116. The molecule has 1 aliphatic heterocycles. The smallest absolute Gasteiger partial charge is 0.224 e. The van der Waals surface area contributed by atoms with Crippen LogP contribution in [0.15, 0.2) is 18.2 Å². The van der Waals surface area contributed by atoms with E-state index in [-0.39, 0.29) is 11.9 Å². The number of benzene rings is 1. The van der Waals surface area contributed by atoms with Crippen molar-refractivity contribution < 1.29 is 4.79 Å². The van der Waals surface area contributed by atoms with Crippen molar-refractivity contribution in [2.45, 2.75) is 44.7 Å². The number of carbonyl (C=O) groups excluding carboxylic acids is 1. The molecule has 0 saturated heterocycles. The van der Waals surface area contributed by atoms with E-state index in [0.29, 0.717) is 12.5 Å². The maximum Gasteiger partial charge on any atom is 0.224 e. The van der Waals surface area contributed by atoms with E-state index in [1.165, 1.54) is 5.56 Å². The molecule has 22 heavy (non-hydrogen) atoms. The first-order valence-corrected chi connectivity index (χ1v) is 7.68. The van der Waals surface area contributed by atoms with Gasteiger partial charge in [-0.2, -0.15) is 0 Å². The number of nitrogens with one attached hydrogen (secondary N) is 2. The van der Waals surface area contributed by atoms with Gasteiger partial charge in [-0.1, -0.05) is 0 Å². The molecular weight excluding hydrogens is 280 g/mol. The maximum atomic E-state index is 11.4. The second-order valence-electron chi connectivity index (χ2n) is 6.00. The van der Waals surface area contributed by atoms with Crippen LogP contribution in [-0.2, 0) is 11.2 Å². The van der Waals surface area contributed by atoms with Crippen molar-refractivity contribution in [1.82, 2.24) is 20.2 Å². The molecule has 1 atom stereocenters. The minimum Gasteiger partial charge on any atom is -0.375 e. The van der Waals surface area contributed by atoms with Gasteiger partial charge in [0.15, 0.2) is 5.82 Å². The monoisotopic (exact) mass is 298 g/mol. The molecule has 1 amide bonds. The summed E-state index contributed by atoms with van der Waals surface area (Å²) >= 11 is 0. The molecule has 1 aromatic carbocycles. The zero-order valence-electron chi connectivity index (χ0n) is 12.4. The number of hydrogen-bond acceptors (Lipinski definition) is 5. The van der Waals surface area contributed by atoms with Crippen molar-refractivity contribution >= 4 is 17.3 Å². The summed E-state index contributed by atoms with van der Waals surface area (Å²) in [5.74, 6) is 0.957. The summed E-state index contributed by atoms with van der Waals surface area (Å²) in [7, 11) is 0.